The van der Waals surface area contributed by atoms with Gasteiger partial charge in [-0.3, -0.25) is 0 Å². The van der Waals surface area contributed by atoms with Crippen LogP contribution < -0.4 is 14.3 Å². The van der Waals surface area contributed by atoms with Crippen LogP contribution in [0.25, 0.3) is 0 Å². The van der Waals surface area contributed by atoms with Crippen LogP contribution in [0.15, 0.2) is 30.3 Å². The van der Waals surface area contributed by atoms with Gasteiger partial charge >= 0.3 is 0 Å². The Hall–Kier alpha value is -0.910. The summed E-state index contributed by atoms with van der Waals surface area (Å²) in [4.78, 5) is 20.1. The summed E-state index contributed by atoms with van der Waals surface area (Å²) >= 11 is 0. The lowest BCUT2D eigenvalue weighted by Gasteiger charge is -2.39. The van der Waals surface area contributed by atoms with Gasteiger partial charge in [0.2, 0.25) is 0 Å². The predicted octanol–water partition coefficient (Wildman–Crippen LogP) is 9.90. The lowest BCUT2D eigenvalue weighted by atomic mass is 10.1. The molecule has 7 heteroatoms. The van der Waals surface area contributed by atoms with E-state index in [0.29, 0.717) is 0 Å². The average Bonchev–Trinajstić information content (AvgIpc) is 3.03. The number of nitrogens with zero attached hydrogens (tertiary/aromatic N) is 2. The molecule has 0 saturated carbocycles. The molecule has 0 aliphatic heterocycles. The molecule has 0 unspecified atom stereocenters. The fraction of sp³-hybridized carbons (Fsp3) is 0.842. The molecule has 0 bridgehead atoms. The van der Waals surface area contributed by atoms with Gasteiger partial charge in [-0.2, -0.15) is 0 Å². The molecule has 0 aromatic heterocycles. The standard InChI is InChI=1S/2C16H36N.C6H7O4P/c2*1-5-9-13-17(14-10-6-2,15-11-7-3)16-12-8-4;7-11(8,9)10-6-4-2-1-3-5-6/h2*5-16H2,1-4H3;1-5H,(H2,7,8,9)/q2*+1;/p-2/i;;7+2,8+2,9+2. The van der Waals surface area contributed by atoms with Crippen molar-refractivity contribution in [3.8, 4) is 5.75 Å². The maximum Gasteiger partial charge on any atom is 0.124 e. The highest BCUT2D eigenvalue weighted by molar-refractivity contribution is 7.43. The molecule has 0 atom stereocenters. The van der Waals surface area contributed by atoms with Gasteiger partial charge in [0.15, 0.2) is 0 Å². The van der Waals surface area contributed by atoms with E-state index in [1.165, 1.54) is 176 Å². The Bertz CT molecular complexity index is 676. The van der Waals surface area contributed by atoms with Crippen LogP contribution in [0, 0.1) is 0 Å². The summed E-state index contributed by atoms with van der Waals surface area (Å²) in [7, 11) is -4.89. The van der Waals surface area contributed by atoms with E-state index in [4.69, 9.17) is 0 Å². The normalized spacial score (nSPS) is 11.8. The minimum Gasteiger partial charge on any atom is -0.780 e. The number of hydrogen-bond donors (Lipinski definition) is 0. The molecule has 0 spiro atoms. The number of para-hydroxylation sites is 1. The molecule has 0 saturated heterocycles. The molecule has 0 aliphatic carbocycles. The van der Waals surface area contributed by atoms with Crippen LogP contribution in [-0.2, 0) is 4.57 Å². The maximum atomic E-state index is 10.1. The van der Waals surface area contributed by atoms with Crippen LogP contribution in [-0.4, -0.2) is 61.3 Å². The summed E-state index contributed by atoms with van der Waals surface area (Å²) in [6.07, 6.45) is 22.1. The van der Waals surface area contributed by atoms with Crippen molar-refractivity contribution in [3.63, 3.8) is 0 Å². The van der Waals surface area contributed by atoms with Crippen molar-refractivity contribution in [2.75, 3.05) is 52.4 Å². The van der Waals surface area contributed by atoms with Gasteiger partial charge in [-0.15, -0.1) is 0 Å². The zero-order valence-corrected chi connectivity index (χ0v) is 32.2. The number of quaternary nitrogens is 2. The smallest absolute Gasteiger partial charge is 0.124 e. The summed E-state index contributed by atoms with van der Waals surface area (Å²) in [6, 6.07) is 7.62. The third-order valence-corrected chi connectivity index (χ3v) is 9.28. The quantitative estimate of drug-likeness (QED) is 0.0562. The van der Waals surface area contributed by atoms with Crippen molar-refractivity contribution in [1.29, 1.82) is 0 Å². The third-order valence-electron chi connectivity index (χ3n) is 8.85. The first kappa shape index (κ1) is 46.2. The van der Waals surface area contributed by atoms with Gasteiger partial charge in [-0.05, 0) is 63.5 Å². The van der Waals surface area contributed by atoms with Crippen molar-refractivity contribution < 1.29 is 27.8 Å². The van der Waals surface area contributed by atoms with Gasteiger partial charge in [-0.25, -0.2) is 0 Å². The van der Waals surface area contributed by atoms with Crippen LogP contribution >= 0.6 is 7.82 Å². The molecule has 1 aromatic rings. The zero-order chi connectivity index (χ0) is 34.3. The third kappa shape index (κ3) is 26.8. The molecule has 0 aliphatic rings. The van der Waals surface area contributed by atoms with Crippen LogP contribution in [0.3, 0.4) is 0 Å². The highest BCUT2D eigenvalue weighted by Crippen LogP contribution is 2.28. The first-order valence-electron chi connectivity index (χ1n) is 19.0. The second-order valence-electron chi connectivity index (χ2n) is 13.2. The molecule has 0 N–H and O–H groups in total. The van der Waals surface area contributed by atoms with E-state index in [0.717, 1.165) is 0 Å². The molecule has 45 heavy (non-hydrogen) atoms. The van der Waals surface area contributed by atoms with Crippen molar-refractivity contribution in [1.82, 2.24) is 0 Å². The monoisotopic (exact) mass is 663 g/mol. The number of unbranched alkanes of at least 4 members (excludes halogenated alkanes) is 8. The topological polar surface area (TPSA) is 72.4 Å². The molecular weight excluding hydrogens is 585 g/mol. The Kier molecular flexibility index (Phi) is 31.2. The molecule has 0 fully saturated rings. The Morgan fingerprint density at radius 2 is 0.689 bits per heavy atom. The fourth-order valence-corrected chi connectivity index (χ4v) is 6.28. The van der Waals surface area contributed by atoms with Crippen LogP contribution in [0.5, 0.6) is 5.75 Å². The van der Waals surface area contributed by atoms with Crippen molar-refractivity contribution in [2.24, 2.45) is 0 Å². The minimum absolute atomic E-state index is 0.0424. The summed E-state index contributed by atoms with van der Waals surface area (Å²) in [6.45, 7) is 30.0. The molecule has 1 aromatic carbocycles. The van der Waals surface area contributed by atoms with E-state index in [9.17, 15) is 14.4 Å². The van der Waals surface area contributed by atoms with Gasteiger partial charge < -0.3 is 27.8 Å². The summed E-state index contributed by atoms with van der Waals surface area (Å²) in [5.74, 6) is 0.0424. The lowest BCUT2D eigenvalue weighted by Crippen LogP contribution is -2.50. The zero-order valence-electron chi connectivity index (χ0n) is 31.3. The van der Waals surface area contributed by atoms with Gasteiger partial charge in [0.1, 0.15) is 13.6 Å². The molecule has 0 radical (unpaired) electrons. The number of benzene rings is 1. The van der Waals surface area contributed by atoms with Gasteiger partial charge in [0.25, 0.3) is 0 Å². The lowest BCUT2D eigenvalue weighted by molar-refractivity contribution is -0.929. The predicted molar refractivity (Wildman–Crippen MR) is 193 cm³/mol. The first-order chi connectivity index (χ1) is 21.6. The van der Waals surface area contributed by atoms with Crippen LogP contribution in [0.2, 0.25) is 0 Å². The van der Waals surface area contributed by atoms with Crippen molar-refractivity contribution in [3.05, 3.63) is 30.3 Å². The van der Waals surface area contributed by atoms with Crippen molar-refractivity contribution in [2.45, 2.75) is 158 Å². The Balaban J connectivity index is 0. The molecular formula is C38H77N2O4P. The van der Waals surface area contributed by atoms with Crippen LogP contribution in [0.4, 0.5) is 0 Å². The first-order valence-corrected chi connectivity index (χ1v) is 20.5. The number of hydrogen-bond acceptors (Lipinski definition) is 4. The second-order valence-corrected chi connectivity index (χ2v) is 14.2. The fourth-order valence-electron chi connectivity index (χ4n) is 5.90. The second kappa shape index (κ2) is 30.4. The van der Waals surface area contributed by atoms with E-state index in [-0.39, 0.29) is 5.75 Å². The van der Waals surface area contributed by atoms with Gasteiger partial charge in [0, 0.05) is 0 Å². The van der Waals surface area contributed by atoms with Crippen molar-refractivity contribution >= 4 is 7.82 Å². The van der Waals surface area contributed by atoms with E-state index in [1.807, 2.05) is 0 Å². The molecule has 1 rings (SSSR count). The number of phosphoric ester groups is 1. The highest BCUT2D eigenvalue weighted by Gasteiger charge is 2.25. The number of phosphoric acid groups is 1. The molecule has 0 heterocycles. The van der Waals surface area contributed by atoms with Gasteiger partial charge in [-0.1, -0.05) is 125 Å². The average molecular weight is 663 g/mol. The molecule has 6 nitrogen and oxygen atoms in total. The number of rotatable bonds is 26. The maximum absolute atomic E-state index is 10.1. The largest absolute Gasteiger partial charge is 0.780 e. The van der Waals surface area contributed by atoms with E-state index in [1.54, 1.807) is 18.2 Å². The highest BCUT2D eigenvalue weighted by atomic mass is 31.2. The Morgan fingerprint density at radius 1 is 0.467 bits per heavy atom. The molecule has 0 amide bonds. The van der Waals surface area contributed by atoms with E-state index in [2.05, 4.69) is 59.9 Å². The SMILES string of the molecule is CCCC[N+](CCCC)(CCCC)CCCC.CCCC[N+](CCCC)(CCCC)CCCC.[18O]=P([18O-])([18O-])Oc1ccccc1. The minimum atomic E-state index is -4.89. The summed E-state index contributed by atoms with van der Waals surface area (Å²) in [5.41, 5.74) is 0. The van der Waals surface area contributed by atoms with Crippen LogP contribution in [0.1, 0.15) is 158 Å². The summed E-state index contributed by atoms with van der Waals surface area (Å²) < 4.78 is 16.9. The van der Waals surface area contributed by atoms with E-state index >= 15 is 0 Å². The summed E-state index contributed by atoms with van der Waals surface area (Å²) in [5, 5.41) is 0. The Labute approximate surface area is 281 Å². The van der Waals surface area contributed by atoms with E-state index < -0.39 is 7.82 Å². The molecule has 268 valence electrons. The van der Waals surface area contributed by atoms with Gasteiger partial charge in [0.05, 0.1) is 52.4 Å². The Morgan fingerprint density at radius 3 is 0.867 bits per heavy atom.